The van der Waals surface area contributed by atoms with E-state index >= 15 is 0 Å². The summed E-state index contributed by atoms with van der Waals surface area (Å²) in [7, 11) is 0. The molecule has 0 saturated carbocycles. The van der Waals surface area contributed by atoms with Crippen molar-refractivity contribution in [1.29, 1.82) is 0 Å². The average Bonchev–Trinajstić information content (AvgIpc) is 3.30. The Morgan fingerprint density at radius 1 is 1.07 bits per heavy atom. The van der Waals surface area contributed by atoms with Gasteiger partial charge in [-0.15, -0.1) is 0 Å². The molecule has 1 amide bonds. The summed E-state index contributed by atoms with van der Waals surface area (Å²) in [6.07, 6.45) is 0. The minimum Gasteiger partial charge on any atom is -0.350 e. The number of hydrogen-bond donors (Lipinski definition) is 1. The molecule has 0 unspecified atom stereocenters. The van der Waals surface area contributed by atoms with Crippen LogP contribution in [0.4, 0.5) is 10.2 Å². The van der Waals surface area contributed by atoms with Crippen molar-refractivity contribution < 1.29 is 13.7 Å². The highest BCUT2D eigenvalue weighted by atomic mass is 19.1. The number of carbonyl (C=O) groups is 1. The fourth-order valence-electron chi connectivity index (χ4n) is 2.67. The van der Waals surface area contributed by atoms with Crippen LogP contribution in [0.25, 0.3) is 16.9 Å². The number of nitrogens with one attached hydrogen (secondary N) is 1. The van der Waals surface area contributed by atoms with Crippen LogP contribution in [-0.2, 0) is 0 Å². The average molecular weight is 362 g/mol. The summed E-state index contributed by atoms with van der Waals surface area (Å²) < 4.78 is 19.9. The number of nitrogens with zero attached hydrogens (tertiary/aromatic N) is 3. The largest absolute Gasteiger partial charge is 0.350 e. The second-order valence-corrected chi connectivity index (χ2v) is 5.96. The van der Waals surface area contributed by atoms with Gasteiger partial charge in [0.15, 0.2) is 0 Å². The first-order chi connectivity index (χ1) is 13.1. The van der Waals surface area contributed by atoms with E-state index < -0.39 is 5.91 Å². The van der Waals surface area contributed by atoms with Crippen molar-refractivity contribution in [2.75, 3.05) is 5.32 Å². The second kappa shape index (κ2) is 6.87. The van der Waals surface area contributed by atoms with Gasteiger partial charge in [-0.2, -0.15) is 5.10 Å². The molecule has 2 heterocycles. The minimum absolute atomic E-state index is 0.0818. The Balaban J connectivity index is 1.59. The molecule has 134 valence electrons. The number of hydrogen-bond acceptors (Lipinski definition) is 4. The Kier molecular flexibility index (Phi) is 4.25. The number of aryl methyl sites for hydroxylation is 1. The maximum absolute atomic E-state index is 13.2. The molecule has 6 nitrogen and oxygen atoms in total. The second-order valence-electron chi connectivity index (χ2n) is 5.96. The molecular weight excluding hydrogens is 347 g/mol. The number of carbonyl (C=O) groups excluding carboxylic acids is 1. The van der Waals surface area contributed by atoms with Crippen LogP contribution in [-0.4, -0.2) is 20.8 Å². The third kappa shape index (κ3) is 3.48. The highest BCUT2D eigenvalue weighted by Crippen LogP contribution is 2.21. The van der Waals surface area contributed by atoms with Crippen LogP contribution in [0.5, 0.6) is 0 Å². The zero-order valence-corrected chi connectivity index (χ0v) is 14.4. The van der Waals surface area contributed by atoms with Crippen LogP contribution in [0.15, 0.2) is 71.3 Å². The normalized spacial score (nSPS) is 10.7. The van der Waals surface area contributed by atoms with Gasteiger partial charge >= 0.3 is 0 Å². The monoisotopic (exact) mass is 362 g/mol. The molecule has 0 aliphatic carbocycles. The van der Waals surface area contributed by atoms with E-state index in [1.807, 2.05) is 30.3 Å². The standard InChI is InChI=1S/C20H15FN4O2/c1-13-11-19(25(23-13)16-9-7-15(21)8-10-16)22-20(26)18-12-17(24-27-18)14-5-3-2-4-6-14/h2-12H,1H3,(H,22,26). The maximum atomic E-state index is 13.2. The molecule has 0 saturated heterocycles. The Morgan fingerprint density at radius 2 is 1.81 bits per heavy atom. The first kappa shape index (κ1) is 16.7. The van der Waals surface area contributed by atoms with E-state index in [0.29, 0.717) is 22.9 Å². The number of aromatic nitrogens is 3. The third-order valence-electron chi connectivity index (χ3n) is 3.95. The lowest BCUT2D eigenvalue weighted by Gasteiger charge is -2.07. The topological polar surface area (TPSA) is 73.0 Å². The van der Waals surface area contributed by atoms with Gasteiger partial charge in [-0.1, -0.05) is 35.5 Å². The van der Waals surface area contributed by atoms with E-state index in [-0.39, 0.29) is 11.6 Å². The van der Waals surface area contributed by atoms with E-state index in [0.717, 1.165) is 5.56 Å². The highest BCUT2D eigenvalue weighted by molar-refractivity contribution is 6.02. The molecule has 2 aromatic carbocycles. The summed E-state index contributed by atoms with van der Waals surface area (Å²) in [5, 5.41) is 11.0. The van der Waals surface area contributed by atoms with Gasteiger partial charge in [0.1, 0.15) is 17.3 Å². The molecule has 2 aromatic heterocycles. The predicted molar refractivity (Wildman–Crippen MR) is 98.2 cm³/mol. The van der Waals surface area contributed by atoms with Gasteiger partial charge in [0.25, 0.3) is 5.91 Å². The Hall–Kier alpha value is -3.74. The van der Waals surface area contributed by atoms with Crippen LogP contribution in [0.3, 0.4) is 0 Å². The van der Waals surface area contributed by atoms with Crippen molar-refractivity contribution in [3.8, 4) is 16.9 Å². The molecular formula is C20H15FN4O2. The van der Waals surface area contributed by atoms with Gasteiger partial charge in [-0.3, -0.25) is 4.79 Å². The zero-order chi connectivity index (χ0) is 18.8. The van der Waals surface area contributed by atoms with Crippen LogP contribution >= 0.6 is 0 Å². The molecule has 0 spiro atoms. The van der Waals surface area contributed by atoms with Crippen molar-refractivity contribution >= 4 is 11.7 Å². The summed E-state index contributed by atoms with van der Waals surface area (Å²) >= 11 is 0. The summed E-state index contributed by atoms with van der Waals surface area (Å²) in [4.78, 5) is 12.6. The lowest BCUT2D eigenvalue weighted by molar-refractivity contribution is 0.0987. The molecule has 0 aliphatic heterocycles. The first-order valence-corrected chi connectivity index (χ1v) is 8.26. The molecule has 1 N–H and O–H groups in total. The van der Waals surface area contributed by atoms with Gasteiger partial charge in [-0.05, 0) is 31.2 Å². The quantitative estimate of drug-likeness (QED) is 0.590. The van der Waals surface area contributed by atoms with Crippen LogP contribution in [0.1, 0.15) is 16.2 Å². The Morgan fingerprint density at radius 3 is 2.56 bits per heavy atom. The molecule has 27 heavy (non-hydrogen) atoms. The van der Waals surface area contributed by atoms with Crippen molar-refractivity contribution in [2.24, 2.45) is 0 Å². The van der Waals surface area contributed by atoms with Crippen molar-refractivity contribution in [2.45, 2.75) is 6.92 Å². The van der Waals surface area contributed by atoms with Gasteiger partial charge in [-0.25, -0.2) is 9.07 Å². The van der Waals surface area contributed by atoms with E-state index in [1.165, 1.54) is 16.8 Å². The molecule has 4 rings (SSSR count). The van der Waals surface area contributed by atoms with Gasteiger partial charge in [0.2, 0.25) is 5.76 Å². The fourth-order valence-corrected chi connectivity index (χ4v) is 2.67. The third-order valence-corrected chi connectivity index (χ3v) is 3.95. The molecule has 4 aromatic rings. The van der Waals surface area contributed by atoms with Crippen molar-refractivity contribution in [3.05, 3.63) is 84.0 Å². The Bertz CT molecular complexity index is 1080. The smallest absolute Gasteiger partial charge is 0.295 e. The lowest BCUT2D eigenvalue weighted by Crippen LogP contribution is -2.14. The molecule has 0 fully saturated rings. The molecule has 0 radical (unpaired) electrons. The maximum Gasteiger partial charge on any atom is 0.295 e. The molecule has 0 bridgehead atoms. The van der Waals surface area contributed by atoms with E-state index in [4.69, 9.17) is 4.52 Å². The van der Waals surface area contributed by atoms with Crippen molar-refractivity contribution in [1.82, 2.24) is 14.9 Å². The minimum atomic E-state index is -0.451. The van der Waals surface area contributed by atoms with Crippen LogP contribution in [0, 0.1) is 12.7 Å². The molecule has 7 heteroatoms. The summed E-state index contributed by atoms with van der Waals surface area (Å²) in [6.45, 7) is 1.80. The molecule has 0 aliphatic rings. The summed E-state index contributed by atoms with van der Waals surface area (Å²) in [6, 6.07) is 18.6. The summed E-state index contributed by atoms with van der Waals surface area (Å²) in [5.41, 5.74) is 2.76. The van der Waals surface area contributed by atoms with Crippen LogP contribution in [0.2, 0.25) is 0 Å². The number of anilines is 1. The number of amides is 1. The first-order valence-electron chi connectivity index (χ1n) is 8.26. The van der Waals surface area contributed by atoms with E-state index in [2.05, 4.69) is 15.6 Å². The number of halogens is 1. The van der Waals surface area contributed by atoms with Gasteiger partial charge in [0, 0.05) is 17.7 Å². The van der Waals surface area contributed by atoms with Gasteiger partial charge < -0.3 is 9.84 Å². The van der Waals surface area contributed by atoms with E-state index in [1.54, 1.807) is 31.2 Å². The number of rotatable bonds is 4. The SMILES string of the molecule is Cc1cc(NC(=O)c2cc(-c3ccccc3)no2)n(-c2ccc(F)cc2)n1. The molecule has 0 atom stereocenters. The number of benzene rings is 2. The summed E-state index contributed by atoms with van der Waals surface area (Å²) in [5.74, 6) is -0.267. The van der Waals surface area contributed by atoms with Gasteiger partial charge in [0.05, 0.1) is 11.4 Å². The predicted octanol–water partition coefficient (Wildman–Crippen LogP) is 4.23. The van der Waals surface area contributed by atoms with E-state index in [9.17, 15) is 9.18 Å². The Labute approximate surface area is 154 Å². The fraction of sp³-hybridized carbons (Fsp3) is 0.0500. The highest BCUT2D eigenvalue weighted by Gasteiger charge is 2.17. The van der Waals surface area contributed by atoms with Crippen LogP contribution < -0.4 is 5.32 Å². The lowest BCUT2D eigenvalue weighted by atomic mass is 10.1. The zero-order valence-electron chi connectivity index (χ0n) is 14.4. The van der Waals surface area contributed by atoms with Crippen molar-refractivity contribution in [3.63, 3.8) is 0 Å².